The fourth-order valence-corrected chi connectivity index (χ4v) is 4.15. The van der Waals surface area contributed by atoms with Gasteiger partial charge in [-0.15, -0.1) is 11.3 Å². The molecule has 0 spiro atoms. The third kappa shape index (κ3) is 3.96. The first kappa shape index (κ1) is 16.8. The standard InChI is InChI=1S/C20H20N2O3S/c23-19(18-9-4-10-24-18)21-15-7-3-8-17(11-15)25-12-16-13-26-20(22-16)14-5-1-2-6-14/h3-4,7-11,13-14H,1-2,5-6,12H2,(H,21,23). The van der Waals surface area contributed by atoms with Crippen LogP contribution < -0.4 is 10.1 Å². The van der Waals surface area contributed by atoms with Crippen LogP contribution in [-0.4, -0.2) is 10.9 Å². The third-order valence-corrected chi connectivity index (χ3v) is 5.55. The van der Waals surface area contributed by atoms with Gasteiger partial charge in [-0.3, -0.25) is 4.79 Å². The monoisotopic (exact) mass is 368 g/mol. The lowest BCUT2D eigenvalue weighted by Crippen LogP contribution is -2.10. The van der Waals surface area contributed by atoms with E-state index >= 15 is 0 Å². The number of nitrogens with zero attached hydrogens (tertiary/aromatic N) is 1. The molecule has 4 rings (SSSR count). The summed E-state index contributed by atoms with van der Waals surface area (Å²) in [6.45, 7) is 0.429. The fourth-order valence-electron chi connectivity index (χ4n) is 3.17. The van der Waals surface area contributed by atoms with Gasteiger partial charge in [-0.05, 0) is 37.1 Å². The van der Waals surface area contributed by atoms with Crippen molar-refractivity contribution in [2.24, 2.45) is 0 Å². The molecule has 2 heterocycles. The van der Waals surface area contributed by atoms with E-state index in [1.807, 2.05) is 18.2 Å². The topological polar surface area (TPSA) is 64.4 Å². The molecule has 0 unspecified atom stereocenters. The second-order valence-corrected chi connectivity index (χ2v) is 7.30. The Morgan fingerprint density at radius 3 is 2.96 bits per heavy atom. The molecule has 1 aromatic carbocycles. The number of aromatic nitrogens is 1. The van der Waals surface area contributed by atoms with E-state index in [2.05, 4.69) is 10.7 Å². The van der Waals surface area contributed by atoms with Gasteiger partial charge in [0.25, 0.3) is 5.91 Å². The molecular formula is C20H20N2O3S. The summed E-state index contributed by atoms with van der Waals surface area (Å²) in [5.74, 6) is 1.32. The van der Waals surface area contributed by atoms with Gasteiger partial charge in [-0.25, -0.2) is 4.98 Å². The molecule has 1 fully saturated rings. The van der Waals surface area contributed by atoms with Crippen LogP contribution in [0.15, 0.2) is 52.5 Å². The van der Waals surface area contributed by atoms with Crippen molar-refractivity contribution in [2.75, 3.05) is 5.32 Å². The van der Waals surface area contributed by atoms with Crippen molar-refractivity contribution in [1.82, 2.24) is 4.98 Å². The van der Waals surface area contributed by atoms with Crippen molar-refractivity contribution in [3.05, 3.63) is 64.5 Å². The van der Waals surface area contributed by atoms with E-state index in [1.165, 1.54) is 37.0 Å². The third-order valence-electron chi connectivity index (χ3n) is 4.50. The van der Waals surface area contributed by atoms with Crippen molar-refractivity contribution in [2.45, 2.75) is 38.2 Å². The average molecular weight is 368 g/mol. The second-order valence-electron chi connectivity index (χ2n) is 6.41. The van der Waals surface area contributed by atoms with Gasteiger partial charge in [0, 0.05) is 23.1 Å². The molecule has 6 heteroatoms. The minimum Gasteiger partial charge on any atom is -0.487 e. The van der Waals surface area contributed by atoms with Crippen LogP contribution in [0.25, 0.3) is 0 Å². The van der Waals surface area contributed by atoms with Crippen LogP contribution in [0.5, 0.6) is 5.75 Å². The summed E-state index contributed by atoms with van der Waals surface area (Å²) in [6, 6.07) is 10.6. The lowest BCUT2D eigenvalue weighted by Gasteiger charge is -2.08. The summed E-state index contributed by atoms with van der Waals surface area (Å²) in [4.78, 5) is 16.8. The average Bonchev–Trinajstić information content (AvgIpc) is 3.42. The summed E-state index contributed by atoms with van der Waals surface area (Å²) in [5, 5.41) is 6.11. The molecule has 1 amide bonds. The van der Waals surface area contributed by atoms with Crippen LogP contribution in [-0.2, 0) is 6.61 Å². The maximum absolute atomic E-state index is 12.0. The van der Waals surface area contributed by atoms with Crippen LogP contribution in [0.2, 0.25) is 0 Å². The van der Waals surface area contributed by atoms with E-state index < -0.39 is 0 Å². The van der Waals surface area contributed by atoms with Crippen molar-refractivity contribution in [3.63, 3.8) is 0 Å². The minimum atomic E-state index is -0.284. The molecule has 1 saturated carbocycles. The van der Waals surface area contributed by atoms with Crippen LogP contribution in [0.4, 0.5) is 5.69 Å². The zero-order valence-electron chi connectivity index (χ0n) is 14.3. The molecule has 26 heavy (non-hydrogen) atoms. The lowest BCUT2D eigenvalue weighted by molar-refractivity contribution is 0.0996. The maximum Gasteiger partial charge on any atom is 0.291 e. The number of anilines is 1. The Kier molecular flexibility index (Phi) is 5.02. The molecule has 1 aliphatic carbocycles. The highest BCUT2D eigenvalue weighted by Crippen LogP contribution is 2.35. The molecule has 0 bridgehead atoms. The van der Waals surface area contributed by atoms with E-state index in [0.29, 0.717) is 24.0 Å². The predicted octanol–water partition coefficient (Wildman–Crippen LogP) is 5.23. The Labute approximate surface area is 156 Å². The minimum absolute atomic E-state index is 0.276. The first-order valence-corrected chi connectivity index (χ1v) is 9.68. The van der Waals surface area contributed by atoms with E-state index in [1.54, 1.807) is 29.5 Å². The van der Waals surface area contributed by atoms with Crippen LogP contribution in [0.3, 0.4) is 0 Å². The number of ether oxygens (including phenoxy) is 1. The molecule has 3 aromatic rings. The Balaban J connectivity index is 1.36. The van der Waals surface area contributed by atoms with Crippen molar-refractivity contribution >= 4 is 22.9 Å². The quantitative estimate of drug-likeness (QED) is 0.647. The maximum atomic E-state index is 12.0. The van der Waals surface area contributed by atoms with Gasteiger partial charge in [-0.2, -0.15) is 0 Å². The van der Waals surface area contributed by atoms with Gasteiger partial charge in [0.15, 0.2) is 5.76 Å². The van der Waals surface area contributed by atoms with Crippen molar-refractivity contribution in [3.8, 4) is 5.75 Å². The number of benzene rings is 1. The van der Waals surface area contributed by atoms with Gasteiger partial charge in [0.1, 0.15) is 12.4 Å². The number of hydrogen-bond donors (Lipinski definition) is 1. The largest absolute Gasteiger partial charge is 0.487 e. The first-order chi connectivity index (χ1) is 12.8. The molecule has 1 aliphatic rings. The van der Waals surface area contributed by atoms with E-state index in [-0.39, 0.29) is 11.7 Å². The number of furan rings is 1. The molecule has 0 atom stereocenters. The summed E-state index contributed by atoms with van der Waals surface area (Å²) in [7, 11) is 0. The zero-order valence-corrected chi connectivity index (χ0v) is 15.1. The number of nitrogens with one attached hydrogen (secondary N) is 1. The number of hydrogen-bond acceptors (Lipinski definition) is 5. The summed E-state index contributed by atoms with van der Waals surface area (Å²) in [6.07, 6.45) is 6.61. The lowest BCUT2D eigenvalue weighted by atomic mass is 10.1. The molecule has 0 aliphatic heterocycles. The molecule has 2 aromatic heterocycles. The Morgan fingerprint density at radius 1 is 1.27 bits per heavy atom. The summed E-state index contributed by atoms with van der Waals surface area (Å²) >= 11 is 1.73. The van der Waals surface area contributed by atoms with E-state index in [4.69, 9.17) is 14.1 Å². The highest BCUT2D eigenvalue weighted by atomic mass is 32.1. The highest BCUT2D eigenvalue weighted by molar-refractivity contribution is 7.09. The van der Waals surface area contributed by atoms with E-state index in [9.17, 15) is 4.79 Å². The molecular weight excluding hydrogens is 348 g/mol. The summed E-state index contributed by atoms with van der Waals surface area (Å²) in [5.41, 5.74) is 1.62. The van der Waals surface area contributed by atoms with Gasteiger partial charge in [0.2, 0.25) is 0 Å². The molecule has 0 radical (unpaired) electrons. The number of carbonyl (C=O) groups is 1. The van der Waals surface area contributed by atoms with Gasteiger partial charge in [-0.1, -0.05) is 18.9 Å². The normalized spacial score (nSPS) is 14.5. The summed E-state index contributed by atoms with van der Waals surface area (Å²) < 4.78 is 10.9. The Bertz CT molecular complexity index is 867. The predicted molar refractivity (Wildman–Crippen MR) is 101 cm³/mol. The van der Waals surface area contributed by atoms with Crippen molar-refractivity contribution in [1.29, 1.82) is 0 Å². The van der Waals surface area contributed by atoms with Gasteiger partial charge < -0.3 is 14.5 Å². The Hall–Kier alpha value is -2.60. The van der Waals surface area contributed by atoms with Gasteiger partial charge in [0.05, 0.1) is 17.0 Å². The highest BCUT2D eigenvalue weighted by Gasteiger charge is 2.20. The fraction of sp³-hybridized carbons (Fsp3) is 0.300. The molecule has 134 valence electrons. The molecule has 0 saturated heterocycles. The van der Waals surface area contributed by atoms with Crippen LogP contribution >= 0.6 is 11.3 Å². The van der Waals surface area contributed by atoms with E-state index in [0.717, 1.165) is 5.69 Å². The molecule has 1 N–H and O–H groups in total. The number of carbonyl (C=O) groups excluding carboxylic acids is 1. The molecule has 5 nitrogen and oxygen atoms in total. The second kappa shape index (κ2) is 7.74. The Morgan fingerprint density at radius 2 is 2.15 bits per heavy atom. The zero-order chi connectivity index (χ0) is 17.8. The SMILES string of the molecule is O=C(Nc1cccc(OCc2csc(C3CCCC3)n2)c1)c1ccco1. The number of thiazole rings is 1. The number of amides is 1. The van der Waals surface area contributed by atoms with Crippen LogP contribution in [0, 0.1) is 0 Å². The van der Waals surface area contributed by atoms with Gasteiger partial charge >= 0.3 is 0 Å². The smallest absolute Gasteiger partial charge is 0.291 e. The van der Waals surface area contributed by atoms with Crippen molar-refractivity contribution < 1.29 is 13.9 Å². The first-order valence-electron chi connectivity index (χ1n) is 8.80. The van der Waals surface area contributed by atoms with Crippen LogP contribution in [0.1, 0.15) is 52.9 Å². The number of rotatable bonds is 6.